The molecule has 0 aliphatic heterocycles. The molecule has 0 saturated carbocycles. The minimum atomic E-state index is -0.271. The van der Waals surface area contributed by atoms with Crippen LogP contribution in [0.4, 0.5) is 4.39 Å². The minimum absolute atomic E-state index is 0.206. The lowest BCUT2D eigenvalue weighted by molar-refractivity contribution is 0.616. The van der Waals surface area contributed by atoms with Crippen molar-refractivity contribution in [3.05, 3.63) is 34.1 Å². The number of halogens is 2. The maximum absolute atomic E-state index is 13.1. The molecule has 0 aliphatic rings. The Morgan fingerprint density at radius 1 is 1.62 bits per heavy atom. The van der Waals surface area contributed by atoms with Gasteiger partial charge in [-0.05, 0) is 30.2 Å². The maximum Gasteiger partial charge on any atom is 0.126 e. The normalized spacial score (nSPS) is 13.0. The zero-order valence-corrected chi connectivity index (χ0v) is 8.87. The van der Waals surface area contributed by atoms with E-state index in [0.717, 1.165) is 0 Å². The molecule has 0 fully saturated rings. The molecule has 1 atom stereocenters. The van der Waals surface area contributed by atoms with E-state index in [0.29, 0.717) is 22.7 Å². The first-order chi connectivity index (χ1) is 6.06. The fraction of sp³-hybridized carbons (Fsp3) is 0.333. The molecule has 1 nitrogen and oxygen atoms in total. The molecule has 0 spiro atoms. The van der Waals surface area contributed by atoms with Gasteiger partial charge in [-0.25, -0.2) is 4.39 Å². The number of thiol groups is 1. The fourth-order valence-corrected chi connectivity index (χ4v) is 1.68. The average molecular weight is 220 g/mol. The first-order valence-corrected chi connectivity index (χ1v) is 4.79. The molecule has 0 radical (unpaired) electrons. The average Bonchev–Trinajstić information content (AvgIpc) is 2.10. The van der Waals surface area contributed by atoms with E-state index in [1.165, 1.54) is 6.07 Å². The predicted octanol–water partition coefficient (Wildman–Crippen LogP) is 2.72. The van der Waals surface area contributed by atoms with Crippen LogP contribution in [0.3, 0.4) is 0 Å². The lowest BCUT2D eigenvalue weighted by Crippen LogP contribution is -2.08. The van der Waals surface area contributed by atoms with Gasteiger partial charge in [0.05, 0.1) is 0 Å². The Kier molecular flexibility index (Phi) is 3.59. The standard InChI is InChI=1S/C9H11ClFNS/c1-5-2-7(10)6(3-8(5)11)9(13)4-12/h2-3,9,13H,4,12H2,1H3. The van der Waals surface area contributed by atoms with Gasteiger partial charge in [-0.15, -0.1) is 0 Å². The van der Waals surface area contributed by atoms with Gasteiger partial charge in [-0.1, -0.05) is 11.6 Å². The summed E-state index contributed by atoms with van der Waals surface area (Å²) in [5.74, 6) is -0.271. The van der Waals surface area contributed by atoms with E-state index >= 15 is 0 Å². The van der Waals surface area contributed by atoms with E-state index in [1.807, 2.05) is 0 Å². The Labute approximate surface area is 87.5 Å². The number of rotatable bonds is 2. The third-order valence-corrected chi connectivity index (χ3v) is 2.68. The van der Waals surface area contributed by atoms with Crippen LogP contribution in [0.5, 0.6) is 0 Å². The predicted molar refractivity (Wildman–Crippen MR) is 56.9 cm³/mol. The minimum Gasteiger partial charge on any atom is -0.329 e. The molecule has 0 bridgehead atoms. The van der Waals surface area contributed by atoms with Gasteiger partial charge in [0.15, 0.2) is 0 Å². The zero-order chi connectivity index (χ0) is 10.0. The van der Waals surface area contributed by atoms with Gasteiger partial charge in [0, 0.05) is 16.8 Å². The van der Waals surface area contributed by atoms with Crippen molar-refractivity contribution in [1.82, 2.24) is 0 Å². The smallest absolute Gasteiger partial charge is 0.126 e. The zero-order valence-electron chi connectivity index (χ0n) is 7.22. The molecule has 0 aliphatic carbocycles. The van der Waals surface area contributed by atoms with Crippen LogP contribution < -0.4 is 5.73 Å². The van der Waals surface area contributed by atoms with Crippen LogP contribution in [0.25, 0.3) is 0 Å². The molecule has 4 heteroatoms. The van der Waals surface area contributed by atoms with Crippen molar-refractivity contribution in [2.24, 2.45) is 5.73 Å². The van der Waals surface area contributed by atoms with E-state index in [-0.39, 0.29) is 11.1 Å². The summed E-state index contributed by atoms with van der Waals surface area (Å²) in [5, 5.41) is 0.312. The van der Waals surface area contributed by atoms with E-state index < -0.39 is 0 Å². The summed E-state index contributed by atoms with van der Waals surface area (Å²) < 4.78 is 13.1. The molecule has 0 heterocycles. The summed E-state index contributed by atoms with van der Waals surface area (Å²) in [6, 6.07) is 2.98. The summed E-state index contributed by atoms with van der Waals surface area (Å²) in [5.41, 5.74) is 6.59. The highest BCUT2D eigenvalue weighted by atomic mass is 35.5. The van der Waals surface area contributed by atoms with Crippen molar-refractivity contribution in [2.45, 2.75) is 12.2 Å². The number of nitrogens with two attached hydrogens (primary N) is 1. The molecule has 13 heavy (non-hydrogen) atoms. The molecule has 2 N–H and O–H groups in total. The van der Waals surface area contributed by atoms with Crippen molar-refractivity contribution in [3.63, 3.8) is 0 Å². The quantitative estimate of drug-likeness (QED) is 0.735. The van der Waals surface area contributed by atoms with Crippen LogP contribution in [0.2, 0.25) is 5.02 Å². The molecule has 1 aromatic rings. The Morgan fingerprint density at radius 3 is 2.77 bits per heavy atom. The van der Waals surface area contributed by atoms with Gasteiger partial charge in [-0.2, -0.15) is 12.6 Å². The van der Waals surface area contributed by atoms with Crippen LogP contribution in [0, 0.1) is 12.7 Å². The van der Waals surface area contributed by atoms with Crippen LogP contribution in [-0.2, 0) is 0 Å². The van der Waals surface area contributed by atoms with Crippen LogP contribution in [0.1, 0.15) is 16.4 Å². The first-order valence-electron chi connectivity index (χ1n) is 3.90. The highest BCUT2D eigenvalue weighted by Gasteiger charge is 2.11. The van der Waals surface area contributed by atoms with Gasteiger partial charge in [0.2, 0.25) is 0 Å². The van der Waals surface area contributed by atoms with Crippen LogP contribution in [0.15, 0.2) is 12.1 Å². The Balaban J connectivity index is 3.15. The number of benzene rings is 1. The second kappa shape index (κ2) is 4.31. The highest BCUT2D eigenvalue weighted by Crippen LogP contribution is 2.28. The third-order valence-electron chi connectivity index (χ3n) is 1.86. The van der Waals surface area contributed by atoms with Crippen LogP contribution >= 0.6 is 24.2 Å². The van der Waals surface area contributed by atoms with Crippen molar-refractivity contribution in [1.29, 1.82) is 0 Å². The van der Waals surface area contributed by atoms with Crippen LogP contribution in [-0.4, -0.2) is 6.54 Å². The summed E-state index contributed by atoms with van der Waals surface area (Å²) in [4.78, 5) is 0. The lowest BCUT2D eigenvalue weighted by atomic mass is 10.1. The highest BCUT2D eigenvalue weighted by molar-refractivity contribution is 7.80. The van der Waals surface area contributed by atoms with Gasteiger partial charge in [-0.3, -0.25) is 0 Å². The molecular weight excluding hydrogens is 209 g/mol. The van der Waals surface area contributed by atoms with E-state index in [4.69, 9.17) is 17.3 Å². The van der Waals surface area contributed by atoms with Crippen molar-refractivity contribution in [2.75, 3.05) is 6.54 Å². The first kappa shape index (κ1) is 10.8. The third kappa shape index (κ3) is 2.36. The number of aryl methyl sites for hydroxylation is 1. The summed E-state index contributed by atoms with van der Waals surface area (Å²) in [6.07, 6.45) is 0. The summed E-state index contributed by atoms with van der Waals surface area (Å²) in [6.45, 7) is 2.01. The monoisotopic (exact) mass is 219 g/mol. The maximum atomic E-state index is 13.1. The fourth-order valence-electron chi connectivity index (χ4n) is 1.04. The Morgan fingerprint density at radius 2 is 2.23 bits per heavy atom. The molecule has 0 amide bonds. The SMILES string of the molecule is Cc1cc(Cl)c(C(S)CN)cc1F. The molecular formula is C9H11ClFNS. The molecule has 0 aromatic heterocycles. The molecule has 1 aromatic carbocycles. The molecule has 1 unspecified atom stereocenters. The molecule has 1 rings (SSSR count). The summed E-state index contributed by atoms with van der Waals surface area (Å²) >= 11 is 10.1. The van der Waals surface area contributed by atoms with E-state index in [9.17, 15) is 4.39 Å². The van der Waals surface area contributed by atoms with Gasteiger partial charge in [0.1, 0.15) is 5.82 Å². The lowest BCUT2D eigenvalue weighted by Gasteiger charge is -2.11. The van der Waals surface area contributed by atoms with E-state index in [1.54, 1.807) is 13.0 Å². The second-order valence-electron chi connectivity index (χ2n) is 2.87. The second-order valence-corrected chi connectivity index (χ2v) is 3.90. The van der Waals surface area contributed by atoms with Crippen molar-refractivity contribution >= 4 is 24.2 Å². The van der Waals surface area contributed by atoms with Crippen molar-refractivity contribution < 1.29 is 4.39 Å². The van der Waals surface area contributed by atoms with Crippen molar-refractivity contribution in [3.8, 4) is 0 Å². The topological polar surface area (TPSA) is 26.0 Å². The van der Waals surface area contributed by atoms with Gasteiger partial charge in [0.25, 0.3) is 0 Å². The molecule has 72 valence electrons. The summed E-state index contributed by atoms with van der Waals surface area (Å²) in [7, 11) is 0. The Bertz CT molecular complexity index is 317. The largest absolute Gasteiger partial charge is 0.329 e. The van der Waals surface area contributed by atoms with Gasteiger partial charge >= 0.3 is 0 Å². The van der Waals surface area contributed by atoms with Gasteiger partial charge < -0.3 is 5.73 Å². The molecule has 0 saturated heterocycles. The number of hydrogen-bond acceptors (Lipinski definition) is 2. The Hall–Kier alpha value is -0.250. The van der Waals surface area contributed by atoms with E-state index in [2.05, 4.69) is 12.6 Å². The number of hydrogen-bond donors (Lipinski definition) is 2.